The van der Waals surface area contributed by atoms with Gasteiger partial charge in [-0.3, -0.25) is 0 Å². The van der Waals surface area contributed by atoms with Crippen molar-refractivity contribution >= 4 is 34.2 Å². The van der Waals surface area contributed by atoms with Crippen LogP contribution in [0.25, 0.3) is 0 Å². The third-order valence-corrected chi connectivity index (χ3v) is 2.69. The highest BCUT2D eigenvalue weighted by molar-refractivity contribution is 14.1. The Morgan fingerprint density at radius 1 is 1.53 bits per heavy atom. The summed E-state index contributed by atoms with van der Waals surface area (Å²) in [4.78, 5) is 3.64. The Kier molecular flexibility index (Phi) is 4.05. The molecule has 0 aromatic carbocycles. The molecule has 0 amide bonds. The lowest BCUT2D eigenvalue weighted by atomic mass is 10.4. The molecule has 0 spiro atoms. The van der Waals surface area contributed by atoms with Crippen LogP contribution < -0.4 is 4.74 Å². The molecule has 0 bridgehead atoms. The maximum atomic E-state index is 12.2. The molecular formula is C8H6ClF3INO. The molecule has 84 valence electrons. The van der Waals surface area contributed by atoms with Gasteiger partial charge in [0, 0.05) is 6.20 Å². The van der Waals surface area contributed by atoms with Gasteiger partial charge in [0.25, 0.3) is 0 Å². The highest BCUT2D eigenvalue weighted by Crippen LogP contribution is 2.32. The van der Waals surface area contributed by atoms with E-state index in [2.05, 4.69) is 4.98 Å². The normalized spacial score (nSPS) is 13.7. The molecule has 0 N–H and O–H groups in total. The zero-order chi connectivity index (χ0) is 11.6. The van der Waals surface area contributed by atoms with E-state index in [9.17, 15) is 13.2 Å². The average Bonchev–Trinajstić information content (AvgIpc) is 2.09. The monoisotopic (exact) mass is 351 g/mol. The lowest BCUT2D eigenvalue weighted by Gasteiger charge is -2.18. The Labute approximate surface area is 103 Å². The molecule has 1 aromatic rings. The van der Waals surface area contributed by atoms with Gasteiger partial charge in [-0.2, -0.15) is 13.2 Å². The molecule has 2 nitrogen and oxygen atoms in total. The molecule has 0 aliphatic carbocycles. The van der Waals surface area contributed by atoms with E-state index < -0.39 is 12.3 Å². The van der Waals surface area contributed by atoms with E-state index in [4.69, 9.17) is 16.3 Å². The Morgan fingerprint density at radius 2 is 2.13 bits per heavy atom. The molecule has 0 aliphatic heterocycles. The zero-order valence-corrected chi connectivity index (χ0v) is 10.4. The van der Waals surface area contributed by atoms with Crippen LogP contribution in [0, 0.1) is 3.57 Å². The Balaban J connectivity index is 2.90. The number of aromatic nitrogens is 1. The standard InChI is InChI=1S/C8H6ClF3INO/c1-4(8(10,11)12)15-6-5(13)2-3-14-7(6)9/h2-4H,1H3/t4-/m0/s1. The van der Waals surface area contributed by atoms with Crippen LogP contribution in [-0.4, -0.2) is 17.3 Å². The Hall–Kier alpha value is -0.240. The molecule has 1 atom stereocenters. The van der Waals surface area contributed by atoms with Crippen LogP contribution in [0.15, 0.2) is 12.3 Å². The van der Waals surface area contributed by atoms with Gasteiger partial charge in [-0.15, -0.1) is 0 Å². The van der Waals surface area contributed by atoms with Crippen molar-refractivity contribution < 1.29 is 17.9 Å². The van der Waals surface area contributed by atoms with E-state index in [0.717, 1.165) is 6.92 Å². The summed E-state index contributed by atoms with van der Waals surface area (Å²) in [5, 5.41) is -0.0713. The fraction of sp³-hybridized carbons (Fsp3) is 0.375. The van der Waals surface area contributed by atoms with E-state index in [1.165, 1.54) is 12.3 Å². The summed E-state index contributed by atoms with van der Waals surface area (Å²) in [6.07, 6.45) is -4.93. The first-order valence-electron chi connectivity index (χ1n) is 3.85. The van der Waals surface area contributed by atoms with Gasteiger partial charge in [-0.1, -0.05) is 11.6 Å². The number of pyridine rings is 1. The van der Waals surface area contributed by atoms with Crippen molar-refractivity contribution in [2.75, 3.05) is 0 Å². The number of rotatable bonds is 2. The van der Waals surface area contributed by atoms with Crippen molar-refractivity contribution in [2.24, 2.45) is 0 Å². The first-order valence-corrected chi connectivity index (χ1v) is 5.31. The van der Waals surface area contributed by atoms with E-state index in [0.29, 0.717) is 3.57 Å². The molecular weight excluding hydrogens is 345 g/mol. The third-order valence-electron chi connectivity index (χ3n) is 1.57. The molecule has 15 heavy (non-hydrogen) atoms. The van der Waals surface area contributed by atoms with Gasteiger partial charge in [0.1, 0.15) is 0 Å². The van der Waals surface area contributed by atoms with Crippen molar-refractivity contribution in [1.82, 2.24) is 4.98 Å². The summed E-state index contributed by atoms with van der Waals surface area (Å²) >= 11 is 7.45. The topological polar surface area (TPSA) is 22.1 Å². The second kappa shape index (κ2) is 4.73. The quantitative estimate of drug-likeness (QED) is 0.599. The van der Waals surface area contributed by atoms with Gasteiger partial charge in [0.2, 0.25) is 0 Å². The number of halogens is 5. The molecule has 1 aromatic heterocycles. The summed E-state index contributed by atoms with van der Waals surface area (Å²) in [6.45, 7) is 0.916. The van der Waals surface area contributed by atoms with E-state index in [-0.39, 0.29) is 10.9 Å². The molecule has 7 heteroatoms. The minimum atomic E-state index is -4.41. The van der Waals surface area contributed by atoms with Crippen LogP contribution in [0.1, 0.15) is 6.92 Å². The van der Waals surface area contributed by atoms with Crippen LogP contribution in [0.4, 0.5) is 13.2 Å². The van der Waals surface area contributed by atoms with Crippen molar-refractivity contribution in [3.63, 3.8) is 0 Å². The lowest BCUT2D eigenvalue weighted by molar-refractivity contribution is -0.189. The van der Waals surface area contributed by atoms with Crippen LogP contribution >= 0.6 is 34.2 Å². The molecule has 0 saturated heterocycles. The summed E-state index contributed by atoms with van der Waals surface area (Å²) in [5.41, 5.74) is 0. The highest BCUT2D eigenvalue weighted by Gasteiger charge is 2.38. The van der Waals surface area contributed by atoms with Crippen LogP contribution in [0.2, 0.25) is 5.15 Å². The second-order valence-corrected chi connectivity index (χ2v) is 4.23. The SMILES string of the molecule is C[C@H](Oc1c(I)ccnc1Cl)C(F)(F)F. The van der Waals surface area contributed by atoms with Crippen molar-refractivity contribution in [2.45, 2.75) is 19.2 Å². The third kappa shape index (κ3) is 3.37. The number of ether oxygens (including phenoxy) is 1. The van der Waals surface area contributed by atoms with Crippen molar-refractivity contribution in [3.05, 3.63) is 21.0 Å². The summed E-state index contributed by atoms with van der Waals surface area (Å²) in [5.74, 6) is -0.0374. The first kappa shape index (κ1) is 12.8. The molecule has 0 aliphatic rings. The smallest absolute Gasteiger partial charge is 0.425 e. The largest absolute Gasteiger partial charge is 0.477 e. The highest BCUT2D eigenvalue weighted by atomic mass is 127. The number of alkyl halides is 3. The maximum absolute atomic E-state index is 12.2. The molecule has 0 saturated carbocycles. The molecule has 1 rings (SSSR count). The van der Waals surface area contributed by atoms with Gasteiger partial charge in [-0.05, 0) is 35.6 Å². The predicted molar refractivity (Wildman–Crippen MR) is 58.1 cm³/mol. The van der Waals surface area contributed by atoms with E-state index >= 15 is 0 Å². The fourth-order valence-corrected chi connectivity index (χ4v) is 1.66. The van der Waals surface area contributed by atoms with Crippen molar-refractivity contribution in [3.8, 4) is 5.75 Å². The first-order chi connectivity index (χ1) is 6.82. The summed E-state index contributed by atoms with van der Waals surface area (Å²) < 4.78 is 41.8. The minimum absolute atomic E-state index is 0.0374. The van der Waals surface area contributed by atoms with Crippen LogP contribution in [0.5, 0.6) is 5.75 Å². The predicted octanol–water partition coefficient (Wildman–Crippen LogP) is 3.67. The van der Waals surface area contributed by atoms with Gasteiger partial charge in [0.15, 0.2) is 17.0 Å². The average molecular weight is 351 g/mol. The van der Waals surface area contributed by atoms with Gasteiger partial charge >= 0.3 is 6.18 Å². The number of nitrogens with zero attached hydrogens (tertiary/aromatic N) is 1. The summed E-state index contributed by atoms with van der Waals surface area (Å²) in [7, 11) is 0. The molecule has 1 heterocycles. The van der Waals surface area contributed by atoms with E-state index in [1.54, 1.807) is 0 Å². The number of hydrogen-bond donors (Lipinski definition) is 0. The zero-order valence-electron chi connectivity index (χ0n) is 7.48. The lowest BCUT2D eigenvalue weighted by Crippen LogP contribution is -2.31. The summed E-state index contributed by atoms with van der Waals surface area (Å²) in [6, 6.07) is 1.52. The van der Waals surface area contributed by atoms with Crippen molar-refractivity contribution in [1.29, 1.82) is 0 Å². The minimum Gasteiger partial charge on any atom is -0.477 e. The Bertz CT molecular complexity index is 338. The van der Waals surface area contributed by atoms with Gasteiger partial charge in [-0.25, -0.2) is 4.98 Å². The molecule has 0 fully saturated rings. The second-order valence-electron chi connectivity index (χ2n) is 2.71. The van der Waals surface area contributed by atoms with Crippen LogP contribution in [-0.2, 0) is 0 Å². The van der Waals surface area contributed by atoms with Gasteiger partial charge in [0.05, 0.1) is 3.57 Å². The van der Waals surface area contributed by atoms with E-state index in [1.807, 2.05) is 22.6 Å². The maximum Gasteiger partial charge on any atom is 0.425 e. The van der Waals surface area contributed by atoms with Crippen LogP contribution in [0.3, 0.4) is 0 Å². The van der Waals surface area contributed by atoms with Gasteiger partial charge < -0.3 is 4.74 Å². The molecule has 0 unspecified atom stereocenters. The Morgan fingerprint density at radius 3 is 2.60 bits per heavy atom. The fourth-order valence-electron chi connectivity index (χ4n) is 0.750. The number of hydrogen-bond acceptors (Lipinski definition) is 2. The molecule has 0 radical (unpaired) electrons.